The Morgan fingerprint density at radius 2 is 1.36 bits per heavy atom. The first-order valence-corrected chi connectivity index (χ1v) is 3.74. The Hall–Kier alpha value is -0.620. The summed E-state index contributed by atoms with van der Waals surface area (Å²) >= 11 is 9.21. The molecule has 0 N–H and O–H groups in total. The number of hydrogen-bond donors (Lipinski definition) is 0. The summed E-state index contributed by atoms with van der Waals surface area (Å²) in [7, 11) is 0. The highest BCUT2D eigenvalue weighted by atomic mass is 35.5. The van der Waals surface area contributed by atoms with Crippen LogP contribution in [0, 0.1) is 0 Å². The van der Waals surface area contributed by atoms with Gasteiger partial charge in [-0.25, -0.2) is 22.0 Å². The molecule has 1 rings (SSSR count). The maximum absolute atomic E-state index is 12.8. The third-order valence-electron chi connectivity index (χ3n) is 1.44. The molecule has 0 heterocycles. The quantitative estimate of drug-likeness (QED) is 0.459. The minimum absolute atomic E-state index is 1.46. The molecule has 0 amide bonds. The van der Waals surface area contributed by atoms with Gasteiger partial charge in [-0.3, -0.25) is 0 Å². The van der Waals surface area contributed by atoms with Crippen LogP contribution < -0.4 is 0 Å². The molecule has 0 unspecified atom stereocenters. The number of nitrogens with zero attached hydrogens (tertiary/aromatic N) is 1. The van der Waals surface area contributed by atoms with Crippen molar-refractivity contribution in [3.8, 4) is 0 Å². The van der Waals surface area contributed by atoms with E-state index in [1.807, 2.05) is 0 Å². The van der Waals surface area contributed by atoms with Crippen molar-refractivity contribution in [2.75, 3.05) is 0 Å². The summed E-state index contributed by atoms with van der Waals surface area (Å²) in [5.41, 5.74) is -1.46. The highest BCUT2D eigenvalue weighted by Crippen LogP contribution is 2.45. The van der Waals surface area contributed by atoms with Crippen molar-refractivity contribution in [3.05, 3.63) is 23.3 Å². The summed E-state index contributed by atoms with van der Waals surface area (Å²) in [4.78, 5) is 0. The van der Waals surface area contributed by atoms with E-state index in [2.05, 4.69) is 27.9 Å². The molecule has 0 saturated heterocycles. The molecule has 78 valence electrons. The molecule has 0 atom stereocenters. The van der Waals surface area contributed by atoms with Gasteiger partial charge in [0.25, 0.3) is 5.13 Å². The third-order valence-corrected chi connectivity index (χ3v) is 1.94. The SMILES string of the molecule is FC1=C(F)C(F)(Cl)C(F)=C(F)C1=NCl. The van der Waals surface area contributed by atoms with Crippen molar-refractivity contribution in [1.29, 1.82) is 0 Å². The largest absolute Gasteiger partial charge is 0.291 e. The summed E-state index contributed by atoms with van der Waals surface area (Å²) in [6.45, 7) is 0. The highest BCUT2D eigenvalue weighted by molar-refractivity contribution is 6.31. The van der Waals surface area contributed by atoms with E-state index in [4.69, 9.17) is 0 Å². The Balaban J connectivity index is 3.45. The van der Waals surface area contributed by atoms with Gasteiger partial charge in [0.1, 0.15) is 0 Å². The minimum Gasteiger partial charge on any atom is -0.210 e. The van der Waals surface area contributed by atoms with E-state index in [0.717, 1.165) is 0 Å². The van der Waals surface area contributed by atoms with Crippen LogP contribution in [0.5, 0.6) is 0 Å². The standard InChI is InChI=1S/C6Cl2F5N/c7-6(13)4(11)1(9)3(14-8)2(10)5(6)12. The molecular formula is C6Cl2F5N. The van der Waals surface area contributed by atoms with Crippen LogP contribution in [-0.4, -0.2) is 10.8 Å². The number of halogens is 7. The second kappa shape index (κ2) is 3.51. The zero-order valence-corrected chi connectivity index (χ0v) is 7.60. The van der Waals surface area contributed by atoms with Crippen LogP contribution in [0.2, 0.25) is 0 Å². The smallest absolute Gasteiger partial charge is 0.210 e. The first kappa shape index (κ1) is 11.5. The van der Waals surface area contributed by atoms with Gasteiger partial charge in [0.2, 0.25) is 0 Å². The molecule has 14 heavy (non-hydrogen) atoms. The number of alkyl halides is 2. The minimum atomic E-state index is -3.97. The molecule has 0 bridgehead atoms. The second-order valence-electron chi connectivity index (χ2n) is 2.26. The second-order valence-corrected chi connectivity index (χ2v) is 2.95. The Morgan fingerprint density at radius 3 is 1.64 bits per heavy atom. The van der Waals surface area contributed by atoms with E-state index in [0.29, 0.717) is 0 Å². The van der Waals surface area contributed by atoms with E-state index in [1.165, 1.54) is 0 Å². The van der Waals surface area contributed by atoms with Gasteiger partial charge in [-0.1, -0.05) is 11.6 Å². The lowest BCUT2D eigenvalue weighted by atomic mass is 10.1. The molecule has 0 aromatic heterocycles. The van der Waals surface area contributed by atoms with Crippen molar-refractivity contribution < 1.29 is 22.0 Å². The van der Waals surface area contributed by atoms with Crippen LogP contribution in [-0.2, 0) is 0 Å². The van der Waals surface area contributed by atoms with Crippen LogP contribution in [0.15, 0.2) is 27.8 Å². The molecule has 0 aromatic carbocycles. The predicted molar refractivity (Wildman–Crippen MR) is 41.5 cm³/mol. The van der Waals surface area contributed by atoms with Gasteiger partial charge in [0.05, 0.1) is 0 Å². The third kappa shape index (κ3) is 1.42. The van der Waals surface area contributed by atoms with Gasteiger partial charge in [-0.15, -0.1) is 0 Å². The Morgan fingerprint density at radius 1 is 1.00 bits per heavy atom. The average Bonchev–Trinajstić information content (AvgIpc) is 2.14. The molecule has 0 aromatic rings. The monoisotopic (exact) mass is 251 g/mol. The molecule has 8 heteroatoms. The first-order chi connectivity index (χ1) is 6.34. The van der Waals surface area contributed by atoms with Crippen LogP contribution >= 0.6 is 23.4 Å². The zero-order valence-electron chi connectivity index (χ0n) is 6.09. The highest BCUT2D eigenvalue weighted by Gasteiger charge is 2.49. The summed E-state index contributed by atoms with van der Waals surface area (Å²) < 4.78 is 65.8. The van der Waals surface area contributed by atoms with Crippen molar-refractivity contribution >= 4 is 29.1 Å². The van der Waals surface area contributed by atoms with Crippen molar-refractivity contribution in [1.82, 2.24) is 0 Å². The predicted octanol–water partition coefficient (Wildman–Crippen LogP) is 3.80. The molecule has 0 fully saturated rings. The zero-order chi connectivity index (χ0) is 11.1. The molecular weight excluding hydrogens is 252 g/mol. The fraction of sp³-hybridized carbons (Fsp3) is 0.167. The van der Waals surface area contributed by atoms with Gasteiger partial charge in [0, 0.05) is 11.8 Å². The van der Waals surface area contributed by atoms with E-state index in [1.54, 1.807) is 0 Å². The summed E-state index contributed by atoms with van der Waals surface area (Å²) in [5.74, 6) is -8.79. The molecule has 0 aliphatic heterocycles. The van der Waals surface area contributed by atoms with Gasteiger partial charge in [0.15, 0.2) is 29.0 Å². The number of hydrogen-bond acceptors (Lipinski definition) is 1. The molecule has 1 aliphatic rings. The fourth-order valence-electron chi connectivity index (χ4n) is 0.750. The Labute approximate surface area is 84.6 Å². The Kier molecular flexibility index (Phi) is 2.87. The summed E-state index contributed by atoms with van der Waals surface area (Å²) in [5, 5.41) is -3.97. The fourth-order valence-corrected chi connectivity index (χ4v) is 1.06. The number of rotatable bonds is 0. The van der Waals surface area contributed by atoms with Crippen molar-refractivity contribution in [2.45, 2.75) is 5.13 Å². The molecule has 1 nitrogen and oxygen atoms in total. The van der Waals surface area contributed by atoms with E-state index < -0.39 is 34.1 Å². The normalized spacial score (nSPS) is 28.6. The van der Waals surface area contributed by atoms with Crippen LogP contribution in [0.25, 0.3) is 0 Å². The molecule has 0 saturated carbocycles. The van der Waals surface area contributed by atoms with Gasteiger partial charge >= 0.3 is 0 Å². The first-order valence-electron chi connectivity index (χ1n) is 3.03. The lowest BCUT2D eigenvalue weighted by Gasteiger charge is -2.19. The summed E-state index contributed by atoms with van der Waals surface area (Å²) in [6, 6.07) is 0. The van der Waals surface area contributed by atoms with Gasteiger partial charge < -0.3 is 0 Å². The maximum atomic E-state index is 12.8. The lowest BCUT2D eigenvalue weighted by Crippen LogP contribution is -2.26. The van der Waals surface area contributed by atoms with Crippen molar-refractivity contribution in [2.24, 2.45) is 4.51 Å². The van der Waals surface area contributed by atoms with E-state index >= 15 is 0 Å². The van der Waals surface area contributed by atoms with Crippen LogP contribution in [0.1, 0.15) is 0 Å². The van der Waals surface area contributed by atoms with Gasteiger partial charge in [-0.05, 0) is 0 Å². The van der Waals surface area contributed by atoms with Crippen LogP contribution in [0.4, 0.5) is 22.0 Å². The van der Waals surface area contributed by atoms with E-state index in [-0.39, 0.29) is 0 Å². The van der Waals surface area contributed by atoms with E-state index in [9.17, 15) is 22.0 Å². The molecule has 0 spiro atoms. The Bertz CT molecular complexity index is 340. The van der Waals surface area contributed by atoms with Gasteiger partial charge in [-0.2, -0.15) is 4.51 Å². The number of allylic oxidation sites excluding steroid dienone is 4. The molecule has 0 radical (unpaired) electrons. The van der Waals surface area contributed by atoms with Crippen LogP contribution in [0.3, 0.4) is 0 Å². The average molecular weight is 252 g/mol. The summed E-state index contributed by atoms with van der Waals surface area (Å²) in [6.07, 6.45) is 0. The lowest BCUT2D eigenvalue weighted by molar-refractivity contribution is 0.256. The van der Waals surface area contributed by atoms with Crippen molar-refractivity contribution in [3.63, 3.8) is 0 Å². The molecule has 1 aliphatic carbocycles. The maximum Gasteiger partial charge on any atom is 0.291 e. The topological polar surface area (TPSA) is 12.4 Å².